The third-order valence-electron chi connectivity index (χ3n) is 3.48. The van der Waals surface area contributed by atoms with E-state index in [1.165, 1.54) is 0 Å². The quantitative estimate of drug-likeness (QED) is 0.750. The van der Waals surface area contributed by atoms with Crippen LogP contribution < -0.4 is 11.1 Å². The van der Waals surface area contributed by atoms with Gasteiger partial charge in [0.2, 0.25) is 11.8 Å². The topological polar surface area (TPSA) is 75.4 Å². The fourth-order valence-corrected chi connectivity index (χ4v) is 2.50. The zero-order valence-electron chi connectivity index (χ0n) is 11.4. The molecule has 5 heteroatoms. The molecule has 0 bridgehead atoms. The van der Waals surface area contributed by atoms with Gasteiger partial charge in [-0.3, -0.25) is 9.59 Å². The van der Waals surface area contributed by atoms with E-state index >= 15 is 0 Å². The number of carbonyl (C=O) groups is 2. The van der Waals surface area contributed by atoms with Crippen molar-refractivity contribution in [3.8, 4) is 0 Å². The Labute approximate surface area is 109 Å². The summed E-state index contributed by atoms with van der Waals surface area (Å²) in [6, 6.07) is 0.135. The predicted octanol–water partition coefficient (Wildman–Crippen LogP) is 0.489. The Balaban J connectivity index is 2.60. The zero-order valence-corrected chi connectivity index (χ0v) is 11.4. The van der Waals surface area contributed by atoms with E-state index in [0.29, 0.717) is 6.54 Å². The minimum atomic E-state index is -0.114. The molecule has 2 amide bonds. The Morgan fingerprint density at radius 3 is 2.67 bits per heavy atom. The Hall–Kier alpha value is -1.10. The van der Waals surface area contributed by atoms with Gasteiger partial charge >= 0.3 is 0 Å². The second-order valence-electron chi connectivity index (χ2n) is 5.06. The first-order chi connectivity index (χ1) is 8.58. The molecule has 5 nitrogen and oxygen atoms in total. The number of hydrogen-bond acceptors (Lipinski definition) is 3. The smallest absolute Gasteiger partial charge is 0.239 e. The van der Waals surface area contributed by atoms with Crippen molar-refractivity contribution in [1.29, 1.82) is 0 Å². The molecule has 18 heavy (non-hydrogen) atoms. The number of hydrogen-bond donors (Lipinski definition) is 2. The van der Waals surface area contributed by atoms with E-state index in [1.54, 1.807) is 11.9 Å². The number of carbonyl (C=O) groups excluding carboxylic acids is 2. The van der Waals surface area contributed by atoms with Gasteiger partial charge in [0.1, 0.15) is 0 Å². The van der Waals surface area contributed by atoms with Gasteiger partial charge in [-0.2, -0.15) is 0 Å². The van der Waals surface area contributed by atoms with Crippen LogP contribution in [-0.4, -0.2) is 42.9 Å². The second kappa shape index (κ2) is 7.36. The first kappa shape index (κ1) is 15.0. The summed E-state index contributed by atoms with van der Waals surface area (Å²) in [5.74, 6) is -0.0162. The van der Waals surface area contributed by atoms with Crippen LogP contribution in [0.1, 0.15) is 39.0 Å². The fourth-order valence-electron chi connectivity index (χ4n) is 2.50. The highest BCUT2D eigenvalue weighted by Gasteiger charge is 2.29. The van der Waals surface area contributed by atoms with Gasteiger partial charge in [-0.1, -0.05) is 13.3 Å². The molecule has 104 valence electrons. The molecule has 1 fully saturated rings. The Morgan fingerprint density at radius 1 is 1.39 bits per heavy atom. The predicted molar refractivity (Wildman–Crippen MR) is 70.9 cm³/mol. The molecule has 1 aliphatic rings. The Morgan fingerprint density at radius 2 is 2.11 bits per heavy atom. The van der Waals surface area contributed by atoms with Crippen molar-refractivity contribution in [1.82, 2.24) is 10.2 Å². The molecule has 3 N–H and O–H groups in total. The van der Waals surface area contributed by atoms with Gasteiger partial charge in [-0.15, -0.1) is 0 Å². The molecule has 1 aliphatic carbocycles. The summed E-state index contributed by atoms with van der Waals surface area (Å²) in [5.41, 5.74) is 5.91. The van der Waals surface area contributed by atoms with Crippen molar-refractivity contribution in [2.24, 2.45) is 11.7 Å². The van der Waals surface area contributed by atoms with E-state index in [9.17, 15) is 9.59 Å². The van der Waals surface area contributed by atoms with Gasteiger partial charge in [0, 0.05) is 25.6 Å². The molecular formula is C13H25N3O2. The van der Waals surface area contributed by atoms with E-state index < -0.39 is 0 Å². The Bertz CT molecular complexity index is 294. The van der Waals surface area contributed by atoms with Crippen LogP contribution in [0.25, 0.3) is 0 Å². The zero-order chi connectivity index (χ0) is 13.5. The van der Waals surface area contributed by atoms with Gasteiger partial charge in [0.05, 0.1) is 6.54 Å². The number of nitrogens with one attached hydrogen (secondary N) is 1. The molecule has 1 saturated carbocycles. The molecule has 0 radical (unpaired) electrons. The van der Waals surface area contributed by atoms with Gasteiger partial charge in [0.25, 0.3) is 0 Å². The average Bonchev–Trinajstić information content (AvgIpc) is 2.37. The molecular weight excluding hydrogens is 230 g/mol. The van der Waals surface area contributed by atoms with Gasteiger partial charge < -0.3 is 16.0 Å². The molecule has 0 saturated heterocycles. The number of rotatable bonds is 5. The second-order valence-corrected chi connectivity index (χ2v) is 5.06. The highest BCUT2D eigenvalue weighted by atomic mass is 16.2. The lowest BCUT2D eigenvalue weighted by atomic mass is 9.85. The summed E-state index contributed by atoms with van der Waals surface area (Å²) in [5, 5.41) is 2.56. The lowest BCUT2D eigenvalue weighted by Gasteiger charge is -2.31. The van der Waals surface area contributed by atoms with E-state index in [-0.39, 0.29) is 30.3 Å². The average molecular weight is 255 g/mol. The van der Waals surface area contributed by atoms with Gasteiger partial charge in [0.15, 0.2) is 0 Å². The maximum atomic E-state index is 12.4. The highest BCUT2D eigenvalue weighted by molar-refractivity contribution is 5.85. The third-order valence-corrected chi connectivity index (χ3v) is 3.48. The van der Waals surface area contributed by atoms with Crippen LogP contribution in [0.4, 0.5) is 0 Å². The van der Waals surface area contributed by atoms with Crippen LogP contribution >= 0.6 is 0 Å². The lowest BCUT2D eigenvalue weighted by molar-refractivity contribution is -0.140. The normalized spacial score (nSPS) is 23.5. The maximum Gasteiger partial charge on any atom is 0.239 e. The summed E-state index contributed by atoms with van der Waals surface area (Å²) in [6.07, 6.45) is 4.54. The summed E-state index contributed by atoms with van der Waals surface area (Å²) in [4.78, 5) is 25.5. The highest BCUT2D eigenvalue weighted by Crippen LogP contribution is 2.25. The molecule has 0 heterocycles. The molecule has 1 rings (SSSR count). The fraction of sp³-hybridized carbons (Fsp3) is 0.846. The van der Waals surface area contributed by atoms with E-state index in [1.807, 2.05) is 6.92 Å². The lowest BCUT2D eigenvalue weighted by Crippen LogP contribution is -2.45. The van der Waals surface area contributed by atoms with Gasteiger partial charge in [-0.05, 0) is 25.7 Å². The Kier molecular flexibility index (Phi) is 6.12. The number of nitrogens with zero attached hydrogens (tertiary/aromatic N) is 1. The van der Waals surface area contributed by atoms with Crippen molar-refractivity contribution in [2.75, 3.05) is 20.1 Å². The van der Waals surface area contributed by atoms with Crippen LogP contribution in [0.2, 0.25) is 0 Å². The van der Waals surface area contributed by atoms with Crippen LogP contribution in [0, 0.1) is 5.92 Å². The van der Waals surface area contributed by atoms with Crippen molar-refractivity contribution < 1.29 is 9.59 Å². The van der Waals surface area contributed by atoms with E-state index in [0.717, 1.165) is 32.1 Å². The molecule has 0 aromatic carbocycles. The SMILES string of the molecule is CCCN(CC(=O)NC)C(=O)C1CCCC(N)C1. The summed E-state index contributed by atoms with van der Waals surface area (Å²) >= 11 is 0. The first-order valence-corrected chi connectivity index (χ1v) is 6.83. The molecule has 2 unspecified atom stereocenters. The number of likely N-dealkylation sites (N-methyl/N-ethyl adjacent to an activating group) is 1. The summed E-state index contributed by atoms with van der Waals surface area (Å²) in [6.45, 7) is 2.81. The molecule has 0 aliphatic heterocycles. The summed E-state index contributed by atoms with van der Waals surface area (Å²) in [7, 11) is 1.59. The molecule has 0 spiro atoms. The first-order valence-electron chi connectivity index (χ1n) is 6.83. The van der Waals surface area contributed by atoms with Crippen LogP contribution in [0.5, 0.6) is 0 Å². The third kappa shape index (κ3) is 4.29. The minimum absolute atomic E-state index is 0.00459. The van der Waals surface area contributed by atoms with Crippen molar-refractivity contribution in [2.45, 2.75) is 45.1 Å². The summed E-state index contributed by atoms with van der Waals surface area (Å²) < 4.78 is 0. The number of nitrogens with two attached hydrogens (primary N) is 1. The molecule has 2 atom stereocenters. The molecule has 0 aromatic rings. The van der Waals surface area contributed by atoms with E-state index in [4.69, 9.17) is 5.73 Å². The minimum Gasteiger partial charge on any atom is -0.358 e. The van der Waals surface area contributed by atoms with Crippen molar-refractivity contribution in [3.63, 3.8) is 0 Å². The monoisotopic (exact) mass is 255 g/mol. The molecule has 0 aromatic heterocycles. The van der Waals surface area contributed by atoms with E-state index in [2.05, 4.69) is 5.32 Å². The van der Waals surface area contributed by atoms with Gasteiger partial charge in [-0.25, -0.2) is 0 Å². The van der Waals surface area contributed by atoms with Crippen molar-refractivity contribution >= 4 is 11.8 Å². The largest absolute Gasteiger partial charge is 0.358 e. The van der Waals surface area contributed by atoms with Crippen LogP contribution in [-0.2, 0) is 9.59 Å². The maximum absolute atomic E-state index is 12.4. The van der Waals surface area contributed by atoms with Crippen molar-refractivity contribution in [3.05, 3.63) is 0 Å². The number of amides is 2. The standard InChI is InChI=1S/C13H25N3O2/c1-3-7-16(9-12(17)15-2)13(18)10-5-4-6-11(14)8-10/h10-11H,3-9,14H2,1-2H3,(H,15,17). The van der Waals surface area contributed by atoms with Crippen LogP contribution in [0.15, 0.2) is 0 Å². The van der Waals surface area contributed by atoms with Crippen LogP contribution in [0.3, 0.4) is 0 Å².